The normalized spacial score (nSPS) is 25.0. The van der Waals surface area contributed by atoms with Crippen molar-refractivity contribution in [2.75, 3.05) is 0 Å². The molecule has 4 heteroatoms. The van der Waals surface area contributed by atoms with Crippen LogP contribution in [0.15, 0.2) is 0 Å². The number of rotatable bonds is 1. The van der Waals surface area contributed by atoms with Gasteiger partial charge in [-0.1, -0.05) is 19.3 Å². The average Bonchev–Trinajstić information content (AvgIpc) is 1.87. The molecule has 0 saturated heterocycles. The fourth-order valence-electron chi connectivity index (χ4n) is 1.60. The quantitative estimate of drug-likeness (QED) is 0.603. The molecule has 1 fully saturated rings. The molecule has 1 rings (SSSR count). The number of hydrogen-bond acceptors (Lipinski definition) is 1. The lowest BCUT2D eigenvalue weighted by atomic mass is 9.90. The van der Waals surface area contributed by atoms with E-state index in [0.29, 0.717) is 12.8 Å². The average molecular weight is 178 g/mol. The van der Waals surface area contributed by atoms with E-state index >= 15 is 0 Å². The van der Waals surface area contributed by atoms with Gasteiger partial charge in [-0.25, -0.2) is 0 Å². The molecule has 0 unspecified atom stereocenters. The van der Waals surface area contributed by atoms with E-state index < -0.39 is 12.8 Å². The van der Waals surface area contributed by atoms with E-state index in [1.54, 1.807) is 6.92 Å². The van der Waals surface area contributed by atoms with Crippen LogP contribution in [0.1, 0.15) is 39.0 Å². The maximum Gasteiger partial charge on any atom is 0.331 e. The Balaban J connectivity index is 2.72. The van der Waals surface area contributed by atoms with E-state index in [2.05, 4.69) is 0 Å². The van der Waals surface area contributed by atoms with E-state index in [4.69, 9.17) is 9.79 Å². The smallest absolute Gasteiger partial charge is 0.324 e. The van der Waals surface area contributed by atoms with Gasteiger partial charge < -0.3 is 9.79 Å². The molecule has 1 aliphatic carbocycles. The second-order valence-corrected chi connectivity index (χ2v) is 5.77. The Morgan fingerprint density at radius 3 is 1.91 bits per heavy atom. The van der Waals surface area contributed by atoms with Crippen molar-refractivity contribution in [1.82, 2.24) is 0 Å². The predicted octanol–water partition coefficient (Wildman–Crippen LogP) is 1.89. The molecular weight excluding hydrogens is 163 g/mol. The van der Waals surface area contributed by atoms with Crippen molar-refractivity contribution in [1.29, 1.82) is 0 Å². The lowest BCUT2D eigenvalue weighted by Gasteiger charge is -2.33. The molecule has 0 heterocycles. The fourth-order valence-corrected chi connectivity index (χ4v) is 2.50. The summed E-state index contributed by atoms with van der Waals surface area (Å²) in [5.74, 6) is 0. The van der Waals surface area contributed by atoms with Gasteiger partial charge in [0.1, 0.15) is 0 Å². The second kappa shape index (κ2) is 2.89. The topological polar surface area (TPSA) is 57.5 Å². The monoisotopic (exact) mass is 178 g/mol. The van der Waals surface area contributed by atoms with Gasteiger partial charge in [0.05, 0.1) is 5.16 Å². The summed E-state index contributed by atoms with van der Waals surface area (Å²) in [5, 5.41) is -0.717. The van der Waals surface area contributed by atoms with Crippen molar-refractivity contribution in [2.24, 2.45) is 0 Å². The first kappa shape index (κ1) is 9.24. The van der Waals surface area contributed by atoms with Crippen LogP contribution in [0, 0.1) is 0 Å². The highest BCUT2D eigenvalue weighted by Gasteiger charge is 2.42. The minimum Gasteiger partial charge on any atom is -0.324 e. The zero-order valence-corrected chi connectivity index (χ0v) is 7.68. The Hall–Kier alpha value is 0.150. The third-order valence-corrected chi connectivity index (χ3v) is 4.49. The van der Waals surface area contributed by atoms with Gasteiger partial charge >= 0.3 is 7.60 Å². The lowest BCUT2D eigenvalue weighted by Crippen LogP contribution is -2.27. The van der Waals surface area contributed by atoms with Gasteiger partial charge in [0.25, 0.3) is 0 Å². The molecule has 3 nitrogen and oxygen atoms in total. The van der Waals surface area contributed by atoms with Crippen molar-refractivity contribution < 1.29 is 14.4 Å². The van der Waals surface area contributed by atoms with Crippen molar-refractivity contribution in [2.45, 2.75) is 44.2 Å². The molecule has 0 spiro atoms. The van der Waals surface area contributed by atoms with Crippen LogP contribution < -0.4 is 0 Å². The molecule has 0 aliphatic heterocycles. The Morgan fingerprint density at radius 2 is 1.64 bits per heavy atom. The van der Waals surface area contributed by atoms with E-state index in [-0.39, 0.29) is 0 Å². The summed E-state index contributed by atoms with van der Waals surface area (Å²) in [6.45, 7) is 1.70. The van der Waals surface area contributed by atoms with Crippen molar-refractivity contribution in [3.8, 4) is 0 Å². The first-order valence-corrected chi connectivity index (χ1v) is 5.63. The SMILES string of the molecule is CC1(P(=O)(O)O)CCCCC1. The zero-order chi connectivity index (χ0) is 8.54. The van der Waals surface area contributed by atoms with E-state index in [1.807, 2.05) is 0 Å². The fraction of sp³-hybridized carbons (Fsp3) is 1.00. The van der Waals surface area contributed by atoms with Crippen LogP contribution in [0.4, 0.5) is 0 Å². The van der Waals surface area contributed by atoms with E-state index in [0.717, 1.165) is 19.3 Å². The molecule has 0 bridgehead atoms. The molecule has 0 radical (unpaired) electrons. The van der Waals surface area contributed by atoms with Gasteiger partial charge in [-0.05, 0) is 19.8 Å². The van der Waals surface area contributed by atoms with Gasteiger partial charge in [0, 0.05) is 0 Å². The molecule has 0 aromatic rings. The van der Waals surface area contributed by atoms with Crippen LogP contribution in [0.2, 0.25) is 0 Å². The van der Waals surface area contributed by atoms with Gasteiger partial charge in [-0.15, -0.1) is 0 Å². The Kier molecular flexibility index (Phi) is 2.43. The van der Waals surface area contributed by atoms with Crippen LogP contribution in [0.3, 0.4) is 0 Å². The summed E-state index contributed by atoms with van der Waals surface area (Å²) in [6, 6.07) is 0. The predicted molar refractivity (Wildman–Crippen MR) is 43.5 cm³/mol. The second-order valence-electron chi connectivity index (χ2n) is 3.60. The van der Waals surface area contributed by atoms with E-state index in [1.165, 1.54) is 0 Å². The molecule has 66 valence electrons. The third-order valence-electron chi connectivity index (χ3n) is 2.63. The molecular formula is C7H15O3P. The Labute approximate surface area is 67.0 Å². The summed E-state index contributed by atoms with van der Waals surface area (Å²) >= 11 is 0. The van der Waals surface area contributed by atoms with Crippen LogP contribution in [-0.2, 0) is 4.57 Å². The van der Waals surface area contributed by atoms with Gasteiger partial charge in [-0.3, -0.25) is 4.57 Å². The third kappa shape index (κ3) is 1.84. The summed E-state index contributed by atoms with van der Waals surface area (Å²) in [6.07, 6.45) is 4.40. The van der Waals surface area contributed by atoms with Crippen molar-refractivity contribution >= 4 is 7.60 Å². The van der Waals surface area contributed by atoms with Crippen LogP contribution in [-0.4, -0.2) is 14.9 Å². The largest absolute Gasteiger partial charge is 0.331 e. The first-order valence-electron chi connectivity index (χ1n) is 4.01. The minimum absolute atomic E-state index is 0.678. The van der Waals surface area contributed by atoms with Crippen LogP contribution in [0.5, 0.6) is 0 Å². The molecule has 0 aromatic carbocycles. The molecule has 1 saturated carbocycles. The zero-order valence-electron chi connectivity index (χ0n) is 6.79. The molecule has 1 aliphatic rings. The minimum atomic E-state index is -3.85. The van der Waals surface area contributed by atoms with Gasteiger partial charge in [-0.2, -0.15) is 0 Å². The molecule has 0 aromatic heterocycles. The molecule has 11 heavy (non-hydrogen) atoms. The lowest BCUT2D eigenvalue weighted by molar-refractivity contribution is 0.290. The summed E-state index contributed by atoms with van der Waals surface area (Å²) in [4.78, 5) is 18.0. The Morgan fingerprint density at radius 1 is 1.18 bits per heavy atom. The van der Waals surface area contributed by atoms with Gasteiger partial charge in [0.2, 0.25) is 0 Å². The summed E-state index contributed by atoms with van der Waals surface area (Å²) in [5.41, 5.74) is 0. The maximum absolute atomic E-state index is 11.0. The standard InChI is InChI=1S/C7H15O3P/c1-7(11(8,9)10)5-3-2-4-6-7/h2-6H2,1H3,(H2,8,9,10). The highest BCUT2D eigenvalue weighted by atomic mass is 31.2. The van der Waals surface area contributed by atoms with Gasteiger partial charge in [0.15, 0.2) is 0 Å². The highest BCUT2D eigenvalue weighted by molar-refractivity contribution is 7.53. The van der Waals surface area contributed by atoms with Crippen molar-refractivity contribution in [3.63, 3.8) is 0 Å². The van der Waals surface area contributed by atoms with Crippen LogP contribution >= 0.6 is 7.60 Å². The number of hydrogen-bond donors (Lipinski definition) is 2. The highest BCUT2D eigenvalue weighted by Crippen LogP contribution is 2.57. The molecule has 0 atom stereocenters. The maximum atomic E-state index is 11.0. The van der Waals surface area contributed by atoms with E-state index in [9.17, 15) is 4.57 Å². The summed E-state index contributed by atoms with van der Waals surface area (Å²) in [7, 11) is -3.85. The molecule has 0 amide bonds. The molecule has 2 N–H and O–H groups in total. The van der Waals surface area contributed by atoms with Crippen LogP contribution in [0.25, 0.3) is 0 Å². The summed E-state index contributed by atoms with van der Waals surface area (Å²) < 4.78 is 11.0. The first-order chi connectivity index (χ1) is 4.96. The Bertz CT molecular complexity index is 178. The van der Waals surface area contributed by atoms with Crippen molar-refractivity contribution in [3.05, 3.63) is 0 Å².